The zero-order valence-corrected chi connectivity index (χ0v) is 24.5. The second kappa shape index (κ2) is 12.0. The van der Waals surface area contributed by atoms with Crippen molar-refractivity contribution in [2.75, 3.05) is 12.0 Å². The monoisotopic (exact) mass is 582 g/mol. The van der Waals surface area contributed by atoms with E-state index in [1.807, 2.05) is 62.4 Å². The lowest BCUT2D eigenvalue weighted by molar-refractivity contribution is -0.132. The first-order valence-electron chi connectivity index (χ1n) is 13.5. The SMILES string of the molecule is CCc1ccc(C2/C(=C(\O)c3ccc(OCc4cccc(C)c4)cc3)C(=O)C(=O)N2c2nc(C)c(C(=O)OC)s2)cc1. The van der Waals surface area contributed by atoms with Gasteiger partial charge in [-0.3, -0.25) is 14.5 Å². The summed E-state index contributed by atoms with van der Waals surface area (Å²) in [6.07, 6.45) is 0.812. The minimum Gasteiger partial charge on any atom is -0.507 e. The predicted octanol–water partition coefficient (Wildman–Crippen LogP) is 6.31. The fourth-order valence-electron chi connectivity index (χ4n) is 4.88. The largest absolute Gasteiger partial charge is 0.507 e. The van der Waals surface area contributed by atoms with Gasteiger partial charge in [0.25, 0.3) is 5.78 Å². The number of anilines is 1. The Balaban J connectivity index is 1.53. The van der Waals surface area contributed by atoms with Crippen molar-refractivity contribution < 1.29 is 29.0 Å². The number of aryl methyl sites for hydroxylation is 3. The summed E-state index contributed by atoms with van der Waals surface area (Å²) in [6, 6.07) is 21.3. The van der Waals surface area contributed by atoms with Gasteiger partial charge in [-0.2, -0.15) is 0 Å². The molecule has 0 aliphatic carbocycles. The van der Waals surface area contributed by atoms with E-state index in [1.165, 1.54) is 12.0 Å². The third-order valence-corrected chi connectivity index (χ3v) is 8.26. The van der Waals surface area contributed by atoms with E-state index in [4.69, 9.17) is 9.47 Å². The Hall–Kier alpha value is -4.76. The summed E-state index contributed by atoms with van der Waals surface area (Å²) >= 11 is 0.964. The van der Waals surface area contributed by atoms with Crippen LogP contribution in [0.1, 0.15) is 56.1 Å². The highest BCUT2D eigenvalue weighted by atomic mass is 32.1. The average molecular weight is 583 g/mol. The van der Waals surface area contributed by atoms with Crippen molar-refractivity contribution in [2.24, 2.45) is 0 Å². The van der Waals surface area contributed by atoms with Gasteiger partial charge >= 0.3 is 11.9 Å². The molecule has 1 aromatic heterocycles. The van der Waals surface area contributed by atoms with Crippen molar-refractivity contribution in [3.8, 4) is 5.75 Å². The lowest BCUT2D eigenvalue weighted by atomic mass is 9.94. The Bertz CT molecular complexity index is 1690. The van der Waals surface area contributed by atoms with E-state index in [2.05, 4.69) is 4.98 Å². The molecule has 214 valence electrons. The second-order valence-corrected chi connectivity index (χ2v) is 10.9. The van der Waals surface area contributed by atoms with Gasteiger partial charge in [0.1, 0.15) is 23.0 Å². The molecule has 0 spiro atoms. The number of hydrogen-bond donors (Lipinski definition) is 1. The summed E-state index contributed by atoms with van der Waals surface area (Å²) in [6.45, 7) is 6.06. The summed E-state index contributed by atoms with van der Waals surface area (Å²) in [5.41, 5.74) is 4.55. The van der Waals surface area contributed by atoms with Crippen LogP contribution < -0.4 is 9.64 Å². The zero-order chi connectivity index (χ0) is 30.0. The van der Waals surface area contributed by atoms with Crippen LogP contribution in [0.4, 0.5) is 5.13 Å². The normalized spacial score (nSPS) is 16.1. The Kier molecular flexibility index (Phi) is 8.22. The molecule has 4 aromatic rings. The maximum Gasteiger partial charge on any atom is 0.350 e. The molecule has 1 atom stereocenters. The lowest BCUT2D eigenvalue weighted by Crippen LogP contribution is -2.29. The van der Waals surface area contributed by atoms with E-state index in [0.29, 0.717) is 29.2 Å². The summed E-state index contributed by atoms with van der Waals surface area (Å²) in [5.74, 6) is -1.99. The van der Waals surface area contributed by atoms with E-state index >= 15 is 0 Å². The van der Waals surface area contributed by atoms with Crippen molar-refractivity contribution in [1.82, 2.24) is 4.98 Å². The van der Waals surface area contributed by atoms with Gasteiger partial charge in [0.2, 0.25) is 0 Å². The van der Waals surface area contributed by atoms with Gasteiger partial charge in [-0.25, -0.2) is 9.78 Å². The van der Waals surface area contributed by atoms with E-state index < -0.39 is 23.7 Å². The minimum absolute atomic E-state index is 0.0647. The number of aliphatic hydroxyl groups is 1. The molecule has 1 N–H and O–H groups in total. The standard InChI is InChI=1S/C33H30N2O6S/c1-5-21-9-11-23(12-10-21)27-26(29(37)31(38)35(27)33-34-20(3)30(42-33)32(39)40-4)28(36)24-13-15-25(16-14-24)41-18-22-8-6-7-19(2)17-22/h6-17,27,36H,5,18H2,1-4H3/b28-26+. The number of carbonyl (C=O) groups is 3. The molecule has 42 heavy (non-hydrogen) atoms. The molecular weight excluding hydrogens is 552 g/mol. The molecule has 1 unspecified atom stereocenters. The Morgan fingerprint density at radius 2 is 1.71 bits per heavy atom. The lowest BCUT2D eigenvalue weighted by Gasteiger charge is -2.23. The minimum atomic E-state index is -0.954. The van der Waals surface area contributed by atoms with Gasteiger partial charge in [0.15, 0.2) is 5.13 Å². The van der Waals surface area contributed by atoms with Crippen LogP contribution in [-0.2, 0) is 27.4 Å². The highest BCUT2D eigenvalue weighted by Crippen LogP contribution is 2.44. The summed E-state index contributed by atoms with van der Waals surface area (Å²) in [7, 11) is 1.27. The smallest absolute Gasteiger partial charge is 0.350 e. The number of esters is 1. The van der Waals surface area contributed by atoms with E-state index in [-0.39, 0.29) is 21.3 Å². The van der Waals surface area contributed by atoms with Gasteiger partial charge < -0.3 is 14.6 Å². The molecule has 0 radical (unpaired) electrons. The summed E-state index contributed by atoms with van der Waals surface area (Å²) < 4.78 is 10.8. The van der Waals surface area contributed by atoms with Crippen LogP contribution in [0.5, 0.6) is 5.75 Å². The van der Waals surface area contributed by atoms with Crippen molar-refractivity contribution >= 4 is 39.9 Å². The second-order valence-electron chi connectivity index (χ2n) is 9.97. The van der Waals surface area contributed by atoms with Crippen LogP contribution in [0.2, 0.25) is 0 Å². The van der Waals surface area contributed by atoms with E-state index in [1.54, 1.807) is 31.2 Å². The number of carbonyl (C=O) groups excluding carboxylic acids is 3. The molecule has 2 heterocycles. The number of aliphatic hydroxyl groups excluding tert-OH is 1. The number of ether oxygens (including phenoxy) is 2. The first kappa shape index (κ1) is 28.8. The van der Waals surface area contributed by atoms with Crippen LogP contribution in [0.25, 0.3) is 5.76 Å². The number of hydrogen-bond acceptors (Lipinski definition) is 8. The van der Waals surface area contributed by atoms with Gasteiger partial charge in [-0.1, -0.05) is 72.4 Å². The van der Waals surface area contributed by atoms with E-state index in [9.17, 15) is 19.5 Å². The molecule has 8 nitrogen and oxygen atoms in total. The summed E-state index contributed by atoms with van der Waals surface area (Å²) in [5, 5.41) is 11.6. The first-order valence-corrected chi connectivity index (χ1v) is 14.3. The third kappa shape index (κ3) is 5.56. The number of benzene rings is 3. The molecule has 5 rings (SSSR count). The number of ketones is 1. The van der Waals surface area contributed by atoms with Crippen molar-refractivity contribution in [3.63, 3.8) is 0 Å². The number of nitrogens with zero attached hydrogens (tertiary/aromatic N) is 2. The van der Waals surface area contributed by atoms with Crippen LogP contribution in [-0.4, -0.2) is 34.9 Å². The zero-order valence-electron chi connectivity index (χ0n) is 23.7. The van der Waals surface area contributed by atoms with Crippen molar-refractivity contribution in [2.45, 2.75) is 39.8 Å². The summed E-state index contributed by atoms with van der Waals surface area (Å²) in [4.78, 5) is 45.2. The highest BCUT2D eigenvalue weighted by Gasteiger charge is 2.48. The van der Waals surface area contributed by atoms with Crippen LogP contribution >= 0.6 is 11.3 Å². The number of thiazole rings is 1. The molecule has 1 aliphatic heterocycles. The Morgan fingerprint density at radius 3 is 2.36 bits per heavy atom. The number of Topliss-reactive ketones (excluding diaryl/α,β-unsaturated/α-hetero) is 1. The molecule has 1 aliphatic rings. The topological polar surface area (TPSA) is 106 Å². The molecule has 0 bridgehead atoms. The molecule has 1 amide bonds. The number of rotatable bonds is 8. The third-order valence-electron chi connectivity index (χ3n) is 7.13. The highest BCUT2D eigenvalue weighted by molar-refractivity contribution is 7.17. The van der Waals surface area contributed by atoms with Crippen LogP contribution in [0, 0.1) is 13.8 Å². The number of methoxy groups -OCH3 is 1. The molecule has 3 aromatic carbocycles. The van der Waals surface area contributed by atoms with Crippen LogP contribution in [0.3, 0.4) is 0 Å². The van der Waals surface area contributed by atoms with Gasteiger partial charge in [-0.05, 0) is 61.2 Å². The fourth-order valence-corrected chi connectivity index (χ4v) is 5.89. The van der Waals surface area contributed by atoms with E-state index in [0.717, 1.165) is 34.4 Å². The average Bonchev–Trinajstić information content (AvgIpc) is 3.51. The Morgan fingerprint density at radius 1 is 1.00 bits per heavy atom. The molecule has 1 saturated heterocycles. The van der Waals surface area contributed by atoms with Gasteiger partial charge in [-0.15, -0.1) is 0 Å². The first-order chi connectivity index (χ1) is 20.2. The number of amides is 1. The molecule has 0 saturated carbocycles. The molecular formula is C33H30N2O6S. The van der Waals surface area contributed by atoms with Crippen molar-refractivity contribution in [3.05, 3.63) is 117 Å². The quantitative estimate of drug-likeness (QED) is 0.112. The maximum atomic E-state index is 13.5. The van der Waals surface area contributed by atoms with Crippen molar-refractivity contribution in [1.29, 1.82) is 0 Å². The molecule has 9 heteroatoms. The Labute approximate surface area is 247 Å². The fraction of sp³-hybridized carbons (Fsp3) is 0.212. The number of aromatic nitrogens is 1. The van der Waals surface area contributed by atoms with Gasteiger partial charge in [0.05, 0.1) is 24.4 Å². The maximum absolute atomic E-state index is 13.5. The van der Waals surface area contributed by atoms with Crippen LogP contribution in [0.15, 0.2) is 78.4 Å². The molecule has 1 fully saturated rings. The van der Waals surface area contributed by atoms with Gasteiger partial charge in [0, 0.05) is 5.56 Å². The predicted molar refractivity (Wildman–Crippen MR) is 161 cm³/mol.